The van der Waals surface area contributed by atoms with Gasteiger partial charge in [0, 0.05) is 43.6 Å². The minimum atomic E-state index is -0.114. The number of hydrogen-bond acceptors (Lipinski definition) is 2. The molecular formula is C55H36N4. The fourth-order valence-corrected chi connectivity index (χ4v) is 10.4. The molecular weight excluding hydrogens is 717 g/mol. The largest absolute Gasteiger partial charge is 0.309 e. The van der Waals surface area contributed by atoms with Crippen LogP contribution in [0.25, 0.3) is 110 Å². The number of fused-ring (bicyclic) bond motifs is 14. The van der Waals surface area contributed by atoms with Gasteiger partial charge in [0.2, 0.25) is 5.95 Å². The van der Waals surface area contributed by atoms with E-state index in [0.29, 0.717) is 5.95 Å². The van der Waals surface area contributed by atoms with Crippen molar-refractivity contribution in [3.8, 4) is 34.0 Å². The minimum absolute atomic E-state index is 0.114. The Balaban J connectivity index is 1.02. The van der Waals surface area contributed by atoms with Crippen molar-refractivity contribution < 1.29 is 0 Å². The zero-order valence-electron chi connectivity index (χ0n) is 32.6. The number of benzene rings is 9. The Kier molecular flexibility index (Phi) is 6.48. The molecule has 4 nitrogen and oxygen atoms in total. The first-order valence-corrected chi connectivity index (χ1v) is 20.4. The van der Waals surface area contributed by atoms with E-state index in [1.165, 1.54) is 76.4 Å². The second-order valence-corrected chi connectivity index (χ2v) is 16.6. The van der Waals surface area contributed by atoms with Crippen LogP contribution in [0.4, 0.5) is 0 Å². The molecule has 4 heteroatoms. The lowest BCUT2D eigenvalue weighted by Gasteiger charge is -2.22. The van der Waals surface area contributed by atoms with Crippen molar-refractivity contribution in [3.05, 3.63) is 193 Å². The number of aromatic nitrogens is 4. The van der Waals surface area contributed by atoms with Gasteiger partial charge in [-0.1, -0.05) is 147 Å². The summed E-state index contributed by atoms with van der Waals surface area (Å²) in [6.45, 7) is 4.67. The van der Waals surface area contributed by atoms with Gasteiger partial charge in [-0.3, -0.25) is 4.57 Å². The van der Waals surface area contributed by atoms with E-state index in [2.05, 4.69) is 205 Å². The first kappa shape index (κ1) is 32.5. The summed E-state index contributed by atoms with van der Waals surface area (Å²) in [6.07, 6.45) is 0. The molecule has 0 saturated carbocycles. The Hall–Kier alpha value is -7.56. The van der Waals surface area contributed by atoms with Crippen molar-refractivity contribution in [3.63, 3.8) is 0 Å². The van der Waals surface area contributed by atoms with Crippen LogP contribution in [0, 0.1) is 0 Å². The Morgan fingerprint density at radius 2 is 1.02 bits per heavy atom. The highest BCUT2D eigenvalue weighted by molar-refractivity contribution is 6.23. The van der Waals surface area contributed by atoms with Crippen LogP contribution in [0.2, 0.25) is 0 Å². The zero-order valence-corrected chi connectivity index (χ0v) is 32.6. The maximum Gasteiger partial charge on any atom is 0.235 e. The van der Waals surface area contributed by atoms with Gasteiger partial charge in [0.1, 0.15) is 0 Å². The molecule has 59 heavy (non-hydrogen) atoms. The highest BCUT2D eigenvalue weighted by atomic mass is 15.2. The summed E-state index contributed by atoms with van der Waals surface area (Å²) in [4.78, 5) is 10.8. The molecule has 9 aromatic carbocycles. The van der Waals surface area contributed by atoms with Crippen molar-refractivity contribution >= 4 is 76.1 Å². The van der Waals surface area contributed by atoms with Gasteiger partial charge >= 0.3 is 0 Å². The van der Waals surface area contributed by atoms with Gasteiger partial charge in [-0.2, -0.15) is 0 Å². The molecule has 0 fully saturated rings. The standard InChI is InChI=1S/C55H36N4/c1-55(2)44-19-9-5-15-39(44)40-27-23-35(32-45(40)55)53-41-16-6-10-20-46(41)56-54(57-53)59-48-22-12-8-18-43(48)52-38-28-26-36(31-34(38)25-30-50(52)59)58-47-21-11-7-17-42(47)51-37-14-4-3-13-33(37)24-29-49(51)58/h3-32H,1-2H3. The summed E-state index contributed by atoms with van der Waals surface area (Å²) in [5.74, 6) is 0.668. The van der Waals surface area contributed by atoms with E-state index in [1.54, 1.807) is 0 Å². The lowest BCUT2D eigenvalue weighted by molar-refractivity contribution is 0.660. The van der Waals surface area contributed by atoms with Crippen LogP contribution >= 0.6 is 0 Å². The normalized spacial score (nSPS) is 13.4. The smallest absolute Gasteiger partial charge is 0.235 e. The third-order valence-electron chi connectivity index (χ3n) is 13.1. The number of rotatable bonds is 3. The van der Waals surface area contributed by atoms with E-state index in [1.807, 2.05) is 0 Å². The summed E-state index contributed by atoms with van der Waals surface area (Å²) in [5, 5.41) is 10.9. The highest BCUT2D eigenvalue weighted by Gasteiger charge is 2.35. The van der Waals surface area contributed by atoms with Crippen LogP contribution < -0.4 is 0 Å². The van der Waals surface area contributed by atoms with Crippen molar-refractivity contribution in [2.75, 3.05) is 0 Å². The summed E-state index contributed by atoms with van der Waals surface area (Å²) in [7, 11) is 0. The van der Waals surface area contributed by atoms with E-state index in [-0.39, 0.29) is 5.41 Å². The third-order valence-corrected chi connectivity index (χ3v) is 13.1. The monoisotopic (exact) mass is 752 g/mol. The fraction of sp³-hybridized carbons (Fsp3) is 0.0545. The molecule has 0 amide bonds. The van der Waals surface area contributed by atoms with Gasteiger partial charge in [-0.25, -0.2) is 9.97 Å². The predicted octanol–water partition coefficient (Wildman–Crippen LogP) is 14.1. The second-order valence-electron chi connectivity index (χ2n) is 16.6. The van der Waals surface area contributed by atoms with Crippen molar-refractivity contribution in [1.29, 1.82) is 0 Å². The maximum absolute atomic E-state index is 5.49. The SMILES string of the molecule is CC1(C)c2ccccc2-c2ccc(-c3nc(-n4c5ccccc5c5c6ccc(-n7c8ccccc8c8c9ccccc9ccc87)cc6ccc54)nc4ccccc34)cc21. The lowest BCUT2D eigenvalue weighted by atomic mass is 9.82. The van der Waals surface area contributed by atoms with E-state index < -0.39 is 0 Å². The topological polar surface area (TPSA) is 35.6 Å². The molecule has 0 spiro atoms. The molecule has 3 heterocycles. The Bertz CT molecular complexity index is 3770. The summed E-state index contributed by atoms with van der Waals surface area (Å²) in [6, 6.07) is 66.3. The number of hydrogen-bond donors (Lipinski definition) is 0. The van der Waals surface area contributed by atoms with Gasteiger partial charge < -0.3 is 4.57 Å². The Morgan fingerprint density at radius 1 is 0.407 bits per heavy atom. The van der Waals surface area contributed by atoms with Crippen LogP contribution in [0.1, 0.15) is 25.0 Å². The summed E-state index contributed by atoms with van der Waals surface area (Å²) in [5.41, 5.74) is 13.9. The highest BCUT2D eigenvalue weighted by Crippen LogP contribution is 2.50. The maximum atomic E-state index is 5.49. The number of para-hydroxylation sites is 3. The molecule has 0 unspecified atom stereocenters. The number of nitrogens with zero attached hydrogens (tertiary/aromatic N) is 4. The molecule has 12 aromatic rings. The van der Waals surface area contributed by atoms with Crippen LogP contribution in [-0.4, -0.2) is 19.1 Å². The van der Waals surface area contributed by atoms with Gasteiger partial charge in [-0.15, -0.1) is 0 Å². The Labute approximate surface area is 340 Å². The van der Waals surface area contributed by atoms with E-state index in [4.69, 9.17) is 9.97 Å². The molecule has 0 radical (unpaired) electrons. The first-order valence-electron chi connectivity index (χ1n) is 20.4. The molecule has 1 aliphatic carbocycles. The van der Waals surface area contributed by atoms with Crippen LogP contribution in [0.5, 0.6) is 0 Å². The van der Waals surface area contributed by atoms with Crippen LogP contribution in [-0.2, 0) is 5.41 Å². The van der Waals surface area contributed by atoms with Gasteiger partial charge in [-0.05, 0) is 92.3 Å². The average Bonchev–Trinajstić information content (AvgIpc) is 3.89. The van der Waals surface area contributed by atoms with Crippen LogP contribution in [0.3, 0.4) is 0 Å². The average molecular weight is 753 g/mol. The van der Waals surface area contributed by atoms with Gasteiger partial charge in [0.15, 0.2) is 0 Å². The van der Waals surface area contributed by atoms with E-state index >= 15 is 0 Å². The molecule has 1 aliphatic rings. The zero-order chi connectivity index (χ0) is 39.0. The van der Waals surface area contributed by atoms with E-state index in [9.17, 15) is 0 Å². The van der Waals surface area contributed by atoms with Crippen molar-refractivity contribution in [2.45, 2.75) is 19.3 Å². The van der Waals surface area contributed by atoms with Crippen LogP contribution in [0.15, 0.2) is 182 Å². The molecule has 13 rings (SSSR count). The molecule has 276 valence electrons. The summed E-state index contributed by atoms with van der Waals surface area (Å²) < 4.78 is 4.69. The first-order chi connectivity index (χ1) is 29.0. The fourth-order valence-electron chi connectivity index (χ4n) is 10.4. The van der Waals surface area contributed by atoms with Gasteiger partial charge in [0.25, 0.3) is 0 Å². The molecule has 0 N–H and O–H groups in total. The molecule has 0 aliphatic heterocycles. The van der Waals surface area contributed by atoms with Crippen molar-refractivity contribution in [2.24, 2.45) is 0 Å². The molecule has 0 saturated heterocycles. The lowest BCUT2D eigenvalue weighted by Crippen LogP contribution is -2.15. The minimum Gasteiger partial charge on any atom is -0.309 e. The second kappa shape index (κ2) is 11.7. The Morgan fingerprint density at radius 3 is 1.83 bits per heavy atom. The molecule has 0 atom stereocenters. The molecule has 3 aromatic heterocycles. The van der Waals surface area contributed by atoms with Crippen molar-refractivity contribution in [1.82, 2.24) is 19.1 Å². The van der Waals surface area contributed by atoms with Gasteiger partial charge in [0.05, 0.1) is 33.3 Å². The quantitative estimate of drug-likeness (QED) is 0.180. The summed E-state index contributed by atoms with van der Waals surface area (Å²) >= 11 is 0. The molecule has 0 bridgehead atoms. The third kappa shape index (κ3) is 4.43. The predicted molar refractivity (Wildman–Crippen MR) is 246 cm³/mol. The van der Waals surface area contributed by atoms with E-state index in [0.717, 1.165) is 38.9 Å².